The molecule has 0 fully saturated rings. The summed E-state index contributed by atoms with van der Waals surface area (Å²) in [5, 5.41) is 0.854. The molecule has 0 aliphatic carbocycles. The summed E-state index contributed by atoms with van der Waals surface area (Å²) in [5.74, 6) is 0.558. The summed E-state index contributed by atoms with van der Waals surface area (Å²) in [6.07, 6.45) is 0. The Kier molecular flexibility index (Phi) is 2.44. The number of aromatic nitrogens is 2. The van der Waals surface area contributed by atoms with E-state index < -0.39 is 0 Å². The van der Waals surface area contributed by atoms with Gasteiger partial charge >= 0.3 is 0 Å². The van der Waals surface area contributed by atoms with Crippen molar-refractivity contribution in [2.24, 2.45) is 0 Å². The molecule has 0 aliphatic rings. The summed E-state index contributed by atoms with van der Waals surface area (Å²) < 4.78 is 5.59. The number of hydrogen-bond donors (Lipinski definition) is 1. The standard InChI is InChI=1S/C17H12N2O2/c1-10-5-4-6-11(9-10)16-18-14-12-7-2-3-8-13(12)21-15(14)17(20)19-16/h2-9H,1H3,(H,18,19,20). The highest BCUT2D eigenvalue weighted by Gasteiger charge is 2.13. The first-order valence-corrected chi connectivity index (χ1v) is 6.71. The normalized spacial score (nSPS) is 11.3. The molecule has 0 saturated heterocycles. The number of para-hydroxylation sites is 1. The Morgan fingerprint density at radius 1 is 1.10 bits per heavy atom. The number of rotatable bonds is 1. The van der Waals surface area contributed by atoms with E-state index in [-0.39, 0.29) is 11.1 Å². The molecular weight excluding hydrogens is 264 g/mol. The van der Waals surface area contributed by atoms with E-state index in [1.54, 1.807) is 0 Å². The Bertz CT molecular complexity index is 1030. The third-order valence-corrected chi connectivity index (χ3v) is 3.52. The number of furan rings is 1. The predicted octanol–water partition coefficient (Wildman–Crippen LogP) is 3.64. The summed E-state index contributed by atoms with van der Waals surface area (Å²) in [5.41, 5.74) is 3.30. The lowest BCUT2D eigenvalue weighted by atomic mass is 10.1. The van der Waals surface area contributed by atoms with Crippen molar-refractivity contribution in [2.45, 2.75) is 6.92 Å². The van der Waals surface area contributed by atoms with Crippen molar-refractivity contribution in [1.29, 1.82) is 0 Å². The summed E-state index contributed by atoms with van der Waals surface area (Å²) in [7, 11) is 0. The second kappa shape index (κ2) is 4.31. The number of nitrogens with zero attached hydrogens (tertiary/aromatic N) is 1. The number of nitrogens with one attached hydrogen (secondary N) is 1. The second-order valence-electron chi connectivity index (χ2n) is 5.06. The Morgan fingerprint density at radius 2 is 1.95 bits per heavy atom. The van der Waals surface area contributed by atoms with Crippen LogP contribution in [0.1, 0.15) is 5.56 Å². The summed E-state index contributed by atoms with van der Waals surface area (Å²) in [6, 6.07) is 15.4. The molecule has 0 unspecified atom stereocenters. The van der Waals surface area contributed by atoms with E-state index in [0.29, 0.717) is 16.9 Å². The zero-order valence-electron chi connectivity index (χ0n) is 11.4. The van der Waals surface area contributed by atoms with Gasteiger partial charge in [0, 0.05) is 10.9 Å². The largest absolute Gasteiger partial charge is 0.449 e. The highest BCUT2D eigenvalue weighted by Crippen LogP contribution is 2.26. The van der Waals surface area contributed by atoms with Crippen LogP contribution >= 0.6 is 0 Å². The second-order valence-corrected chi connectivity index (χ2v) is 5.06. The number of fused-ring (bicyclic) bond motifs is 3. The average molecular weight is 276 g/mol. The van der Waals surface area contributed by atoms with Gasteiger partial charge in [-0.15, -0.1) is 0 Å². The number of aromatic amines is 1. The molecule has 4 rings (SSSR count). The van der Waals surface area contributed by atoms with Gasteiger partial charge in [-0.2, -0.15) is 0 Å². The fraction of sp³-hybridized carbons (Fsp3) is 0.0588. The van der Waals surface area contributed by atoms with Crippen LogP contribution in [0.4, 0.5) is 0 Å². The van der Waals surface area contributed by atoms with Gasteiger partial charge in [0.25, 0.3) is 5.56 Å². The lowest BCUT2D eigenvalue weighted by Gasteiger charge is -2.01. The van der Waals surface area contributed by atoms with Crippen LogP contribution in [0.2, 0.25) is 0 Å². The first kappa shape index (κ1) is 11.9. The molecule has 1 N–H and O–H groups in total. The number of H-pyrrole nitrogens is 1. The van der Waals surface area contributed by atoms with Crippen molar-refractivity contribution in [3.63, 3.8) is 0 Å². The molecule has 4 aromatic rings. The monoisotopic (exact) mass is 276 g/mol. The van der Waals surface area contributed by atoms with E-state index >= 15 is 0 Å². The fourth-order valence-corrected chi connectivity index (χ4v) is 2.53. The summed E-state index contributed by atoms with van der Waals surface area (Å²) in [6.45, 7) is 2.01. The van der Waals surface area contributed by atoms with Gasteiger partial charge in [-0.25, -0.2) is 4.98 Å². The predicted molar refractivity (Wildman–Crippen MR) is 82.3 cm³/mol. The van der Waals surface area contributed by atoms with Crippen LogP contribution in [0.15, 0.2) is 57.7 Å². The topological polar surface area (TPSA) is 58.9 Å². The molecule has 21 heavy (non-hydrogen) atoms. The lowest BCUT2D eigenvalue weighted by Crippen LogP contribution is -2.08. The van der Waals surface area contributed by atoms with Crippen molar-refractivity contribution in [3.8, 4) is 11.4 Å². The quantitative estimate of drug-likeness (QED) is 0.577. The molecule has 2 heterocycles. The summed E-state index contributed by atoms with van der Waals surface area (Å²) >= 11 is 0. The van der Waals surface area contributed by atoms with E-state index in [2.05, 4.69) is 9.97 Å². The maximum atomic E-state index is 12.2. The molecular formula is C17H12N2O2. The van der Waals surface area contributed by atoms with Crippen LogP contribution in [0, 0.1) is 6.92 Å². The molecule has 0 bridgehead atoms. The van der Waals surface area contributed by atoms with Crippen LogP contribution in [0.25, 0.3) is 33.5 Å². The third kappa shape index (κ3) is 1.84. The zero-order chi connectivity index (χ0) is 14.4. The molecule has 4 heteroatoms. The van der Waals surface area contributed by atoms with Crippen LogP contribution in [-0.4, -0.2) is 9.97 Å². The molecule has 0 atom stereocenters. The Balaban J connectivity index is 2.08. The van der Waals surface area contributed by atoms with Crippen molar-refractivity contribution in [1.82, 2.24) is 9.97 Å². The van der Waals surface area contributed by atoms with Crippen molar-refractivity contribution >= 4 is 22.1 Å². The maximum Gasteiger partial charge on any atom is 0.294 e. The smallest absolute Gasteiger partial charge is 0.294 e. The Hall–Kier alpha value is -2.88. The molecule has 0 saturated carbocycles. The average Bonchev–Trinajstić information content (AvgIpc) is 2.87. The van der Waals surface area contributed by atoms with Crippen molar-refractivity contribution < 1.29 is 4.42 Å². The molecule has 0 radical (unpaired) electrons. The van der Waals surface area contributed by atoms with E-state index in [1.807, 2.05) is 55.5 Å². The molecule has 102 valence electrons. The maximum absolute atomic E-state index is 12.2. The third-order valence-electron chi connectivity index (χ3n) is 3.52. The Morgan fingerprint density at radius 3 is 2.81 bits per heavy atom. The SMILES string of the molecule is Cc1cccc(-c2nc3c(oc4ccccc43)c(=O)[nH]2)c1. The molecule has 0 spiro atoms. The Labute approximate surface area is 120 Å². The van der Waals surface area contributed by atoms with E-state index in [9.17, 15) is 4.79 Å². The molecule has 2 aromatic carbocycles. The number of benzene rings is 2. The molecule has 0 aliphatic heterocycles. The van der Waals surface area contributed by atoms with Gasteiger partial charge in [0.15, 0.2) is 0 Å². The highest BCUT2D eigenvalue weighted by atomic mass is 16.3. The van der Waals surface area contributed by atoms with E-state index in [0.717, 1.165) is 16.5 Å². The van der Waals surface area contributed by atoms with Gasteiger partial charge in [0.2, 0.25) is 5.58 Å². The van der Waals surface area contributed by atoms with Gasteiger partial charge in [0.05, 0.1) is 0 Å². The minimum Gasteiger partial charge on any atom is -0.449 e. The number of hydrogen-bond acceptors (Lipinski definition) is 3. The van der Waals surface area contributed by atoms with Gasteiger partial charge in [0.1, 0.15) is 16.9 Å². The van der Waals surface area contributed by atoms with Gasteiger partial charge in [-0.3, -0.25) is 4.79 Å². The first-order chi connectivity index (χ1) is 10.2. The molecule has 2 aromatic heterocycles. The van der Waals surface area contributed by atoms with E-state index in [1.165, 1.54) is 0 Å². The molecule has 4 nitrogen and oxygen atoms in total. The van der Waals surface area contributed by atoms with Crippen LogP contribution in [-0.2, 0) is 0 Å². The summed E-state index contributed by atoms with van der Waals surface area (Å²) in [4.78, 5) is 19.6. The van der Waals surface area contributed by atoms with Crippen molar-refractivity contribution in [2.75, 3.05) is 0 Å². The lowest BCUT2D eigenvalue weighted by molar-refractivity contribution is 0.661. The number of aryl methyl sites for hydroxylation is 1. The van der Waals surface area contributed by atoms with Gasteiger partial charge in [-0.05, 0) is 25.1 Å². The minimum absolute atomic E-state index is 0.257. The van der Waals surface area contributed by atoms with E-state index in [4.69, 9.17) is 4.42 Å². The molecule has 0 amide bonds. The van der Waals surface area contributed by atoms with Crippen LogP contribution in [0.5, 0.6) is 0 Å². The zero-order valence-corrected chi connectivity index (χ0v) is 11.4. The van der Waals surface area contributed by atoms with Crippen molar-refractivity contribution in [3.05, 3.63) is 64.4 Å². The minimum atomic E-state index is -0.257. The van der Waals surface area contributed by atoms with Crippen LogP contribution < -0.4 is 5.56 Å². The van der Waals surface area contributed by atoms with Crippen LogP contribution in [0.3, 0.4) is 0 Å². The first-order valence-electron chi connectivity index (χ1n) is 6.71. The van der Waals surface area contributed by atoms with Gasteiger partial charge < -0.3 is 9.40 Å². The fourth-order valence-electron chi connectivity index (χ4n) is 2.53. The highest BCUT2D eigenvalue weighted by molar-refractivity contribution is 6.02. The van der Waals surface area contributed by atoms with Gasteiger partial charge in [-0.1, -0.05) is 35.9 Å².